The van der Waals surface area contributed by atoms with E-state index in [9.17, 15) is 4.79 Å². The number of piperidine rings is 1. The molecule has 2 rings (SSSR count). The largest absolute Gasteiger partial charge is 0.392 e. The van der Waals surface area contributed by atoms with Crippen molar-refractivity contribution in [2.24, 2.45) is 5.73 Å². The summed E-state index contributed by atoms with van der Waals surface area (Å²) in [6.45, 7) is 2.60. The summed E-state index contributed by atoms with van der Waals surface area (Å²) < 4.78 is 0. The minimum Gasteiger partial charge on any atom is -0.392 e. The molecule has 1 aromatic heterocycles. The van der Waals surface area contributed by atoms with E-state index in [-0.39, 0.29) is 11.9 Å². The maximum Gasteiger partial charge on any atom is 0.254 e. The minimum atomic E-state index is -0.102. The third-order valence-corrected chi connectivity index (χ3v) is 3.51. The number of nitrogens with two attached hydrogens (primary N) is 1. The SMILES string of the molecule is Cc1cc(C(=O)N2CCCCC2C(N)=S)ccn1. The molecular weight excluding hydrogens is 246 g/mol. The lowest BCUT2D eigenvalue weighted by molar-refractivity contribution is 0.0681. The number of aryl methyl sites for hydroxylation is 1. The Morgan fingerprint density at radius 2 is 2.33 bits per heavy atom. The predicted molar refractivity (Wildman–Crippen MR) is 74.4 cm³/mol. The quantitative estimate of drug-likeness (QED) is 0.825. The molecule has 1 saturated heterocycles. The number of aromatic nitrogens is 1. The van der Waals surface area contributed by atoms with Crippen LogP contribution in [0.4, 0.5) is 0 Å². The van der Waals surface area contributed by atoms with Gasteiger partial charge in [-0.3, -0.25) is 9.78 Å². The molecule has 1 fully saturated rings. The summed E-state index contributed by atoms with van der Waals surface area (Å²) in [5.41, 5.74) is 7.22. The van der Waals surface area contributed by atoms with Crippen molar-refractivity contribution in [3.8, 4) is 0 Å². The molecule has 0 saturated carbocycles. The van der Waals surface area contributed by atoms with Crippen molar-refractivity contribution in [1.29, 1.82) is 0 Å². The van der Waals surface area contributed by atoms with E-state index in [0.717, 1.165) is 31.5 Å². The maximum atomic E-state index is 12.4. The van der Waals surface area contributed by atoms with Gasteiger partial charge in [0.25, 0.3) is 5.91 Å². The van der Waals surface area contributed by atoms with Gasteiger partial charge in [-0.25, -0.2) is 0 Å². The Hall–Kier alpha value is -1.49. The van der Waals surface area contributed by atoms with Crippen molar-refractivity contribution >= 4 is 23.1 Å². The van der Waals surface area contributed by atoms with Gasteiger partial charge in [0.2, 0.25) is 0 Å². The van der Waals surface area contributed by atoms with Gasteiger partial charge < -0.3 is 10.6 Å². The molecule has 0 aliphatic carbocycles. The van der Waals surface area contributed by atoms with Crippen LogP contribution in [0.5, 0.6) is 0 Å². The van der Waals surface area contributed by atoms with E-state index in [1.165, 1.54) is 0 Å². The summed E-state index contributed by atoms with van der Waals surface area (Å²) in [4.78, 5) is 18.8. The van der Waals surface area contributed by atoms with E-state index in [2.05, 4.69) is 4.98 Å². The first-order chi connectivity index (χ1) is 8.59. The van der Waals surface area contributed by atoms with Gasteiger partial charge in [0.1, 0.15) is 0 Å². The standard InChI is InChI=1S/C13H17N3OS/c1-9-8-10(5-6-15-9)13(17)16-7-3-2-4-11(16)12(14)18/h5-6,8,11H,2-4,7H2,1H3,(H2,14,18). The zero-order valence-corrected chi connectivity index (χ0v) is 11.2. The van der Waals surface area contributed by atoms with Crippen LogP contribution < -0.4 is 5.73 Å². The summed E-state index contributed by atoms with van der Waals surface area (Å²) in [5, 5.41) is 0. The maximum absolute atomic E-state index is 12.4. The first kappa shape index (κ1) is 13.0. The van der Waals surface area contributed by atoms with Gasteiger partial charge in [-0.15, -0.1) is 0 Å². The van der Waals surface area contributed by atoms with Crippen molar-refractivity contribution in [1.82, 2.24) is 9.88 Å². The second-order valence-electron chi connectivity index (χ2n) is 4.60. The molecule has 2 N–H and O–H groups in total. The van der Waals surface area contributed by atoms with Crippen LogP contribution in [0.25, 0.3) is 0 Å². The van der Waals surface area contributed by atoms with Crippen LogP contribution in [0, 0.1) is 6.92 Å². The highest BCUT2D eigenvalue weighted by atomic mass is 32.1. The molecule has 1 unspecified atom stereocenters. The molecule has 2 heterocycles. The number of carbonyl (C=O) groups is 1. The van der Waals surface area contributed by atoms with Gasteiger partial charge in [0, 0.05) is 24.0 Å². The molecule has 0 bridgehead atoms. The highest BCUT2D eigenvalue weighted by Crippen LogP contribution is 2.20. The first-order valence-corrected chi connectivity index (χ1v) is 6.53. The van der Waals surface area contributed by atoms with E-state index in [1.54, 1.807) is 23.2 Å². The molecule has 1 amide bonds. The summed E-state index contributed by atoms with van der Waals surface area (Å²) >= 11 is 5.06. The normalized spacial score (nSPS) is 19.6. The number of thiocarbonyl (C=S) groups is 1. The molecule has 1 aromatic rings. The highest BCUT2D eigenvalue weighted by molar-refractivity contribution is 7.80. The van der Waals surface area contributed by atoms with Crippen LogP contribution in [0.2, 0.25) is 0 Å². The number of amides is 1. The molecule has 18 heavy (non-hydrogen) atoms. The molecule has 0 aromatic carbocycles. The fraction of sp³-hybridized carbons (Fsp3) is 0.462. The smallest absolute Gasteiger partial charge is 0.254 e. The summed E-state index contributed by atoms with van der Waals surface area (Å²) in [6.07, 6.45) is 4.60. The number of likely N-dealkylation sites (tertiary alicyclic amines) is 1. The van der Waals surface area contributed by atoms with Crippen LogP contribution >= 0.6 is 12.2 Å². The minimum absolute atomic E-state index is 0.00185. The monoisotopic (exact) mass is 263 g/mol. The number of hydrogen-bond donors (Lipinski definition) is 1. The molecule has 1 aliphatic rings. The van der Waals surface area contributed by atoms with Crippen LogP contribution in [-0.2, 0) is 0 Å². The molecule has 96 valence electrons. The van der Waals surface area contributed by atoms with E-state index in [4.69, 9.17) is 18.0 Å². The van der Waals surface area contributed by atoms with Gasteiger partial charge in [-0.05, 0) is 38.3 Å². The van der Waals surface area contributed by atoms with E-state index < -0.39 is 0 Å². The second-order valence-corrected chi connectivity index (χ2v) is 5.07. The van der Waals surface area contributed by atoms with E-state index in [1.807, 2.05) is 6.92 Å². The molecular formula is C13H17N3OS. The number of rotatable bonds is 2. The van der Waals surface area contributed by atoms with Gasteiger partial charge >= 0.3 is 0 Å². The molecule has 4 nitrogen and oxygen atoms in total. The van der Waals surface area contributed by atoms with E-state index >= 15 is 0 Å². The van der Waals surface area contributed by atoms with Gasteiger partial charge in [0.05, 0.1) is 11.0 Å². The van der Waals surface area contributed by atoms with Crippen molar-refractivity contribution in [3.05, 3.63) is 29.6 Å². The van der Waals surface area contributed by atoms with Crippen LogP contribution in [0.1, 0.15) is 35.3 Å². The van der Waals surface area contributed by atoms with Crippen molar-refractivity contribution in [2.45, 2.75) is 32.2 Å². The summed E-state index contributed by atoms with van der Waals surface area (Å²) in [5.74, 6) is -0.00185. The molecule has 1 atom stereocenters. The third kappa shape index (κ3) is 2.67. The van der Waals surface area contributed by atoms with Gasteiger partial charge in [-0.2, -0.15) is 0 Å². The lowest BCUT2D eigenvalue weighted by atomic mass is 10.0. The number of carbonyl (C=O) groups excluding carboxylic acids is 1. The highest BCUT2D eigenvalue weighted by Gasteiger charge is 2.29. The van der Waals surface area contributed by atoms with Crippen molar-refractivity contribution in [3.63, 3.8) is 0 Å². The fourth-order valence-corrected chi connectivity index (χ4v) is 2.56. The molecule has 1 aliphatic heterocycles. The third-order valence-electron chi connectivity index (χ3n) is 3.24. The first-order valence-electron chi connectivity index (χ1n) is 6.12. The molecule has 0 spiro atoms. The summed E-state index contributed by atoms with van der Waals surface area (Å²) in [7, 11) is 0. The molecule has 5 heteroatoms. The average Bonchev–Trinajstić information content (AvgIpc) is 2.38. The van der Waals surface area contributed by atoms with Crippen LogP contribution in [-0.4, -0.2) is 33.4 Å². The van der Waals surface area contributed by atoms with Crippen molar-refractivity contribution < 1.29 is 4.79 Å². The second kappa shape index (κ2) is 5.44. The summed E-state index contributed by atoms with van der Waals surface area (Å²) in [6, 6.07) is 3.43. The van der Waals surface area contributed by atoms with Crippen molar-refractivity contribution in [2.75, 3.05) is 6.54 Å². The Bertz CT molecular complexity index is 475. The zero-order chi connectivity index (χ0) is 13.1. The van der Waals surface area contributed by atoms with Gasteiger partial charge in [0.15, 0.2) is 0 Å². The van der Waals surface area contributed by atoms with Crippen LogP contribution in [0.3, 0.4) is 0 Å². The predicted octanol–water partition coefficient (Wildman–Crippen LogP) is 1.67. The van der Waals surface area contributed by atoms with E-state index in [0.29, 0.717) is 10.6 Å². The Morgan fingerprint density at radius 3 is 3.00 bits per heavy atom. The van der Waals surface area contributed by atoms with Crippen LogP contribution in [0.15, 0.2) is 18.3 Å². The fourth-order valence-electron chi connectivity index (χ4n) is 2.31. The number of hydrogen-bond acceptors (Lipinski definition) is 3. The zero-order valence-electron chi connectivity index (χ0n) is 10.4. The Balaban J connectivity index is 2.23. The lowest BCUT2D eigenvalue weighted by Crippen LogP contribution is -2.49. The number of nitrogens with zero attached hydrogens (tertiary/aromatic N) is 2. The average molecular weight is 263 g/mol. The Morgan fingerprint density at radius 1 is 1.56 bits per heavy atom. The number of pyridine rings is 1. The Kier molecular flexibility index (Phi) is 3.91. The lowest BCUT2D eigenvalue weighted by Gasteiger charge is -2.35. The topological polar surface area (TPSA) is 59.2 Å². The Labute approximate surface area is 112 Å². The van der Waals surface area contributed by atoms with Gasteiger partial charge in [-0.1, -0.05) is 12.2 Å². The molecule has 0 radical (unpaired) electrons.